The van der Waals surface area contributed by atoms with E-state index < -0.39 is 36.5 Å². The zero-order chi connectivity index (χ0) is 23.3. The maximum absolute atomic E-state index is 12.6. The van der Waals surface area contributed by atoms with Crippen LogP contribution >= 0.6 is 0 Å². The molecule has 2 aliphatic rings. The lowest BCUT2D eigenvalue weighted by atomic mass is 10.1. The molecule has 0 saturated carbocycles. The van der Waals surface area contributed by atoms with Crippen molar-refractivity contribution in [2.24, 2.45) is 0 Å². The summed E-state index contributed by atoms with van der Waals surface area (Å²) in [5.74, 6) is -3.31. The number of fused-ring (bicyclic) bond motifs is 1. The fourth-order valence-electron chi connectivity index (χ4n) is 4.16. The second-order valence-corrected chi connectivity index (χ2v) is 8.06. The number of nitrogens with zero attached hydrogens (tertiary/aromatic N) is 2. The van der Waals surface area contributed by atoms with E-state index in [9.17, 15) is 29.1 Å². The van der Waals surface area contributed by atoms with Gasteiger partial charge in [0.25, 0.3) is 11.8 Å². The molecule has 0 radical (unpaired) electrons. The van der Waals surface area contributed by atoms with Gasteiger partial charge in [-0.25, -0.2) is 0 Å². The third-order valence-electron chi connectivity index (χ3n) is 5.81. The van der Waals surface area contributed by atoms with Crippen LogP contribution in [0.4, 0.5) is 0 Å². The molecule has 10 nitrogen and oxygen atoms in total. The predicted octanol–water partition coefficient (Wildman–Crippen LogP) is 0.961. The van der Waals surface area contributed by atoms with E-state index in [4.69, 9.17) is 5.11 Å². The van der Waals surface area contributed by atoms with E-state index in [2.05, 4.69) is 5.32 Å². The SMILES string of the molecule is O=C(O)CN1CCCC[C@H](NC(CCCCN2C(=O)c3ccccc3C2=O)C(=O)O)C1=O. The molecule has 1 unspecified atom stereocenters. The maximum Gasteiger partial charge on any atom is 0.323 e. The number of hydrogen-bond donors (Lipinski definition) is 3. The molecule has 0 spiro atoms. The van der Waals surface area contributed by atoms with Crippen LogP contribution in [0.2, 0.25) is 0 Å². The topological polar surface area (TPSA) is 144 Å². The number of carboxylic acid groups (broad SMARTS) is 2. The molecular formula is C22H27N3O7. The number of aliphatic carboxylic acids is 2. The average Bonchev–Trinajstić information content (AvgIpc) is 2.88. The van der Waals surface area contributed by atoms with E-state index >= 15 is 0 Å². The van der Waals surface area contributed by atoms with Crippen LogP contribution in [0.1, 0.15) is 59.2 Å². The highest BCUT2D eigenvalue weighted by Gasteiger charge is 2.35. The molecule has 10 heteroatoms. The summed E-state index contributed by atoms with van der Waals surface area (Å²) in [6.07, 6.45) is 2.85. The lowest BCUT2D eigenvalue weighted by Crippen LogP contribution is -2.52. The van der Waals surface area contributed by atoms with E-state index in [0.717, 1.165) is 0 Å². The zero-order valence-electron chi connectivity index (χ0n) is 17.7. The Hall–Kier alpha value is -3.27. The number of carboxylic acids is 2. The van der Waals surface area contributed by atoms with Gasteiger partial charge in [0.2, 0.25) is 5.91 Å². The molecule has 1 fully saturated rings. The Morgan fingerprint density at radius 3 is 2.28 bits per heavy atom. The van der Waals surface area contributed by atoms with Crippen molar-refractivity contribution in [3.8, 4) is 0 Å². The molecular weight excluding hydrogens is 418 g/mol. The first-order valence-corrected chi connectivity index (χ1v) is 10.7. The molecule has 0 aliphatic carbocycles. The summed E-state index contributed by atoms with van der Waals surface area (Å²) in [6, 6.07) is 4.87. The standard InChI is InChI=1S/C22H27N3O7/c26-18(27)13-24-11-5-3-9-16(21(24)30)23-17(22(31)32)10-4-6-12-25-19(28)14-7-1-2-8-15(14)20(25)29/h1-2,7-8,16-17,23H,3-6,9-13H2,(H,26,27)(H,31,32)/t16-,17?/m0/s1. The highest BCUT2D eigenvalue weighted by atomic mass is 16.4. The van der Waals surface area contributed by atoms with Gasteiger partial charge in [-0.2, -0.15) is 0 Å². The third kappa shape index (κ3) is 5.31. The van der Waals surface area contributed by atoms with Crippen molar-refractivity contribution < 1.29 is 34.2 Å². The van der Waals surface area contributed by atoms with Gasteiger partial charge in [-0.1, -0.05) is 12.1 Å². The highest BCUT2D eigenvalue weighted by molar-refractivity contribution is 6.21. The molecule has 172 valence electrons. The summed E-state index contributed by atoms with van der Waals surface area (Å²) >= 11 is 0. The number of carbonyl (C=O) groups is 5. The number of benzene rings is 1. The van der Waals surface area contributed by atoms with Gasteiger partial charge in [0.05, 0.1) is 17.2 Å². The second kappa shape index (κ2) is 10.4. The van der Waals surface area contributed by atoms with E-state index in [1.54, 1.807) is 24.3 Å². The van der Waals surface area contributed by atoms with Crippen LogP contribution < -0.4 is 5.32 Å². The number of rotatable bonds is 10. The Morgan fingerprint density at radius 2 is 1.69 bits per heavy atom. The molecule has 2 aliphatic heterocycles. The first kappa shape index (κ1) is 23.4. The van der Waals surface area contributed by atoms with Crippen LogP contribution in [-0.4, -0.2) is 81.4 Å². The van der Waals surface area contributed by atoms with Crippen LogP contribution in [0, 0.1) is 0 Å². The smallest absolute Gasteiger partial charge is 0.323 e. The maximum atomic E-state index is 12.6. The molecule has 32 heavy (non-hydrogen) atoms. The minimum atomic E-state index is -1.11. The van der Waals surface area contributed by atoms with Gasteiger partial charge in [0.15, 0.2) is 0 Å². The first-order chi connectivity index (χ1) is 15.3. The number of carbonyl (C=O) groups excluding carboxylic acids is 3. The number of imide groups is 1. The zero-order valence-corrected chi connectivity index (χ0v) is 17.7. The van der Waals surface area contributed by atoms with Crippen LogP contribution in [0.3, 0.4) is 0 Å². The highest BCUT2D eigenvalue weighted by Crippen LogP contribution is 2.23. The Bertz CT molecular complexity index is 882. The van der Waals surface area contributed by atoms with Crippen molar-refractivity contribution in [2.45, 2.75) is 50.6 Å². The lowest BCUT2D eigenvalue weighted by molar-refractivity contribution is -0.146. The van der Waals surface area contributed by atoms with Crippen LogP contribution in [0.5, 0.6) is 0 Å². The van der Waals surface area contributed by atoms with Crippen LogP contribution in [-0.2, 0) is 14.4 Å². The van der Waals surface area contributed by atoms with Gasteiger partial charge < -0.3 is 15.1 Å². The van der Waals surface area contributed by atoms with E-state index in [1.165, 1.54) is 9.80 Å². The molecule has 1 aromatic carbocycles. The Labute approximate surface area is 185 Å². The van der Waals surface area contributed by atoms with E-state index in [0.29, 0.717) is 49.8 Å². The van der Waals surface area contributed by atoms with Crippen molar-refractivity contribution in [3.63, 3.8) is 0 Å². The van der Waals surface area contributed by atoms with Crippen molar-refractivity contribution in [1.82, 2.24) is 15.1 Å². The van der Waals surface area contributed by atoms with Crippen LogP contribution in [0.15, 0.2) is 24.3 Å². The third-order valence-corrected chi connectivity index (χ3v) is 5.81. The molecule has 1 aromatic rings. The summed E-state index contributed by atoms with van der Waals surface area (Å²) < 4.78 is 0. The monoisotopic (exact) mass is 445 g/mol. The van der Waals surface area contributed by atoms with Crippen molar-refractivity contribution in [2.75, 3.05) is 19.6 Å². The number of nitrogens with one attached hydrogen (secondary N) is 1. The molecule has 3 rings (SSSR count). The molecule has 0 aromatic heterocycles. The number of hydrogen-bond acceptors (Lipinski definition) is 6. The van der Waals surface area contributed by atoms with Gasteiger partial charge in [-0.15, -0.1) is 0 Å². The van der Waals surface area contributed by atoms with Gasteiger partial charge in [0.1, 0.15) is 12.6 Å². The molecule has 3 N–H and O–H groups in total. The summed E-state index contributed by atoms with van der Waals surface area (Å²) in [5, 5.41) is 21.5. The number of likely N-dealkylation sites (tertiary alicyclic amines) is 1. The molecule has 2 heterocycles. The lowest BCUT2D eigenvalue weighted by Gasteiger charge is -2.26. The van der Waals surface area contributed by atoms with Crippen LogP contribution in [0.25, 0.3) is 0 Å². The first-order valence-electron chi connectivity index (χ1n) is 10.7. The number of unbranched alkanes of at least 4 members (excludes halogenated alkanes) is 1. The predicted molar refractivity (Wildman–Crippen MR) is 112 cm³/mol. The van der Waals surface area contributed by atoms with E-state index in [1.807, 2.05) is 0 Å². The Kier molecular flexibility index (Phi) is 7.57. The number of amides is 3. The molecule has 2 atom stereocenters. The van der Waals surface area contributed by atoms with Crippen molar-refractivity contribution >= 4 is 29.7 Å². The van der Waals surface area contributed by atoms with Gasteiger partial charge in [-0.3, -0.25) is 34.2 Å². The van der Waals surface area contributed by atoms with Gasteiger partial charge >= 0.3 is 11.9 Å². The average molecular weight is 445 g/mol. The summed E-state index contributed by atoms with van der Waals surface area (Å²) in [4.78, 5) is 62.6. The largest absolute Gasteiger partial charge is 0.480 e. The summed E-state index contributed by atoms with van der Waals surface area (Å²) in [7, 11) is 0. The molecule has 0 bridgehead atoms. The Balaban J connectivity index is 1.52. The van der Waals surface area contributed by atoms with E-state index in [-0.39, 0.29) is 24.8 Å². The Morgan fingerprint density at radius 1 is 1.03 bits per heavy atom. The van der Waals surface area contributed by atoms with Gasteiger partial charge in [0, 0.05) is 13.1 Å². The molecule has 3 amide bonds. The molecule has 1 saturated heterocycles. The fourth-order valence-corrected chi connectivity index (χ4v) is 4.16. The quantitative estimate of drug-likeness (QED) is 0.357. The van der Waals surface area contributed by atoms with Crippen molar-refractivity contribution in [1.29, 1.82) is 0 Å². The minimum Gasteiger partial charge on any atom is -0.480 e. The summed E-state index contributed by atoms with van der Waals surface area (Å²) in [5.41, 5.74) is 0.751. The van der Waals surface area contributed by atoms with Crippen molar-refractivity contribution in [3.05, 3.63) is 35.4 Å². The van der Waals surface area contributed by atoms with Gasteiger partial charge in [-0.05, 0) is 50.7 Å². The second-order valence-electron chi connectivity index (χ2n) is 8.06. The minimum absolute atomic E-state index is 0.188. The summed E-state index contributed by atoms with van der Waals surface area (Å²) in [6.45, 7) is 0.115. The normalized spacial score (nSPS) is 19.6. The fraction of sp³-hybridized carbons (Fsp3) is 0.500.